The molecule has 6 heteroatoms. The van der Waals surface area contributed by atoms with Crippen LogP contribution in [0.25, 0.3) is 11.3 Å². The molecular formula is C17H14N2O3S. The van der Waals surface area contributed by atoms with Crippen molar-refractivity contribution < 1.29 is 12.6 Å². The molecule has 0 aliphatic carbocycles. The number of rotatable bonds is 4. The molecule has 0 saturated heterocycles. The molecule has 0 radical (unpaired) electrons. The van der Waals surface area contributed by atoms with E-state index in [0.29, 0.717) is 11.3 Å². The fourth-order valence-corrected chi connectivity index (χ4v) is 3.22. The Hall–Kier alpha value is -2.73. The molecule has 23 heavy (non-hydrogen) atoms. The van der Waals surface area contributed by atoms with Gasteiger partial charge >= 0.3 is 10.1 Å². The van der Waals surface area contributed by atoms with Gasteiger partial charge in [0, 0.05) is 24.0 Å². The van der Waals surface area contributed by atoms with E-state index in [1.165, 1.54) is 18.3 Å². The Kier molecular flexibility index (Phi) is 4.08. The van der Waals surface area contributed by atoms with Crippen molar-refractivity contribution in [1.29, 1.82) is 0 Å². The molecule has 0 spiro atoms. The fraction of sp³-hybridized carbons (Fsp3) is 0.0588. The van der Waals surface area contributed by atoms with Gasteiger partial charge < -0.3 is 4.18 Å². The van der Waals surface area contributed by atoms with Crippen LogP contribution >= 0.6 is 0 Å². The zero-order valence-corrected chi connectivity index (χ0v) is 13.2. The number of aromatic nitrogens is 2. The molecule has 3 aromatic rings. The lowest BCUT2D eigenvalue weighted by atomic mass is 10.1. The van der Waals surface area contributed by atoms with Gasteiger partial charge in [0.05, 0.1) is 5.69 Å². The van der Waals surface area contributed by atoms with Crippen LogP contribution in [0.5, 0.6) is 5.88 Å². The van der Waals surface area contributed by atoms with E-state index >= 15 is 0 Å². The number of aryl methyl sites for hydroxylation is 1. The maximum absolute atomic E-state index is 12.6. The van der Waals surface area contributed by atoms with Crippen molar-refractivity contribution in [2.75, 3.05) is 0 Å². The second-order valence-electron chi connectivity index (χ2n) is 4.92. The molecule has 0 unspecified atom stereocenters. The van der Waals surface area contributed by atoms with E-state index < -0.39 is 10.1 Å². The van der Waals surface area contributed by atoms with E-state index in [1.54, 1.807) is 48.7 Å². The lowest BCUT2D eigenvalue weighted by Crippen LogP contribution is -2.12. The summed E-state index contributed by atoms with van der Waals surface area (Å²) < 4.78 is 30.4. The van der Waals surface area contributed by atoms with E-state index in [2.05, 4.69) is 9.97 Å². The van der Waals surface area contributed by atoms with Crippen LogP contribution in [0.1, 0.15) is 5.56 Å². The van der Waals surface area contributed by atoms with Crippen LogP contribution in [0.3, 0.4) is 0 Å². The maximum atomic E-state index is 12.6. The highest BCUT2D eigenvalue weighted by Gasteiger charge is 2.22. The van der Waals surface area contributed by atoms with Crippen LogP contribution < -0.4 is 4.18 Å². The second-order valence-corrected chi connectivity index (χ2v) is 6.43. The Bertz CT molecular complexity index is 911. The van der Waals surface area contributed by atoms with Gasteiger partial charge in [-0.25, -0.2) is 4.98 Å². The smallest absolute Gasteiger partial charge is 0.341 e. The third kappa shape index (κ3) is 3.37. The minimum absolute atomic E-state index is 0.0278. The lowest BCUT2D eigenvalue weighted by molar-refractivity contribution is 0.476. The van der Waals surface area contributed by atoms with Crippen LogP contribution in [-0.4, -0.2) is 18.4 Å². The van der Waals surface area contributed by atoms with Crippen LogP contribution in [0.4, 0.5) is 0 Å². The van der Waals surface area contributed by atoms with Crippen molar-refractivity contribution in [2.24, 2.45) is 0 Å². The molecule has 0 aliphatic rings. The Morgan fingerprint density at radius 2 is 1.65 bits per heavy atom. The molecule has 0 N–H and O–H groups in total. The van der Waals surface area contributed by atoms with Gasteiger partial charge in [-0.1, -0.05) is 23.8 Å². The highest BCUT2D eigenvalue weighted by Crippen LogP contribution is 2.28. The topological polar surface area (TPSA) is 69.2 Å². The highest BCUT2D eigenvalue weighted by atomic mass is 32.2. The summed E-state index contributed by atoms with van der Waals surface area (Å²) in [7, 11) is -4.01. The van der Waals surface area contributed by atoms with Gasteiger partial charge in [0.25, 0.3) is 0 Å². The first kappa shape index (κ1) is 15.2. The summed E-state index contributed by atoms with van der Waals surface area (Å²) in [4.78, 5) is 8.19. The van der Waals surface area contributed by atoms with Crippen molar-refractivity contribution in [3.05, 3.63) is 72.6 Å². The predicted molar refractivity (Wildman–Crippen MR) is 86.5 cm³/mol. The SMILES string of the molecule is Cc1ccc(S(=O)(=O)Oc2ccccn2)c(-c2ccccn2)c1. The first-order valence-electron chi connectivity index (χ1n) is 6.94. The van der Waals surface area contributed by atoms with Gasteiger partial charge in [0.2, 0.25) is 5.88 Å². The van der Waals surface area contributed by atoms with Gasteiger partial charge in [-0.3, -0.25) is 4.98 Å². The van der Waals surface area contributed by atoms with Crippen molar-refractivity contribution in [3.63, 3.8) is 0 Å². The monoisotopic (exact) mass is 326 g/mol. The molecule has 0 bridgehead atoms. The van der Waals surface area contributed by atoms with E-state index in [4.69, 9.17) is 4.18 Å². The van der Waals surface area contributed by atoms with Crippen molar-refractivity contribution >= 4 is 10.1 Å². The third-order valence-corrected chi connectivity index (χ3v) is 4.46. The molecule has 2 heterocycles. The maximum Gasteiger partial charge on any atom is 0.341 e. The van der Waals surface area contributed by atoms with E-state index in [-0.39, 0.29) is 10.8 Å². The quantitative estimate of drug-likeness (QED) is 0.689. The third-order valence-electron chi connectivity index (χ3n) is 3.18. The molecule has 3 rings (SSSR count). The van der Waals surface area contributed by atoms with Gasteiger partial charge in [0.1, 0.15) is 4.90 Å². The molecule has 0 saturated carbocycles. The first-order chi connectivity index (χ1) is 11.1. The summed E-state index contributed by atoms with van der Waals surface area (Å²) in [6.45, 7) is 1.89. The largest absolute Gasteiger partial charge is 0.358 e. The number of nitrogens with zero attached hydrogens (tertiary/aromatic N) is 2. The normalized spacial score (nSPS) is 11.2. The van der Waals surface area contributed by atoms with Crippen molar-refractivity contribution in [2.45, 2.75) is 11.8 Å². The summed E-state index contributed by atoms with van der Waals surface area (Å²) in [5.74, 6) is 0.0278. The Morgan fingerprint density at radius 1 is 0.913 bits per heavy atom. The number of benzene rings is 1. The Labute approximate surface area is 134 Å². The number of hydrogen-bond acceptors (Lipinski definition) is 5. The molecule has 5 nitrogen and oxygen atoms in total. The van der Waals surface area contributed by atoms with Crippen molar-refractivity contribution in [1.82, 2.24) is 9.97 Å². The average molecular weight is 326 g/mol. The standard InChI is InChI=1S/C17H14N2O3S/c1-13-8-9-16(14(12-13)15-6-2-4-10-18-15)23(20,21)22-17-7-3-5-11-19-17/h2-12H,1H3. The van der Waals surface area contributed by atoms with Crippen molar-refractivity contribution in [3.8, 4) is 17.1 Å². The fourth-order valence-electron chi connectivity index (χ4n) is 2.14. The molecule has 1 aromatic carbocycles. The van der Waals surface area contributed by atoms with Crippen LogP contribution in [0.15, 0.2) is 71.9 Å². The Balaban J connectivity index is 2.09. The zero-order valence-electron chi connectivity index (χ0n) is 12.4. The molecule has 0 fully saturated rings. The summed E-state index contributed by atoms with van der Waals surface area (Å²) in [6, 6.07) is 15.2. The van der Waals surface area contributed by atoms with E-state index in [1.807, 2.05) is 6.92 Å². The molecule has 2 aromatic heterocycles. The van der Waals surface area contributed by atoms with Crippen LogP contribution in [0.2, 0.25) is 0 Å². The summed E-state index contributed by atoms with van der Waals surface area (Å²) in [6.07, 6.45) is 3.09. The minimum Gasteiger partial charge on any atom is -0.358 e. The lowest BCUT2D eigenvalue weighted by Gasteiger charge is -2.11. The van der Waals surface area contributed by atoms with Gasteiger partial charge in [-0.05, 0) is 37.3 Å². The number of pyridine rings is 2. The zero-order chi connectivity index (χ0) is 16.3. The summed E-state index contributed by atoms with van der Waals surface area (Å²) in [5, 5.41) is 0. The highest BCUT2D eigenvalue weighted by molar-refractivity contribution is 7.87. The summed E-state index contributed by atoms with van der Waals surface area (Å²) in [5.41, 5.74) is 2.00. The second kappa shape index (κ2) is 6.18. The molecular weight excluding hydrogens is 312 g/mol. The van der Waals surface area contributed by atoms with E-state index in [9.17, 15) is 8.42 Å². The first-order valence-corrected chi connectivity index (χ1v) is 8.35. The number of hydrogen-bond donors (Lipinski definition) is 0. The Morgan fingerprint density at radius 3 is 2.30 bits per heavy atom. The summed E-state index contributed by atoms with van der Waals surface area (Å²) >= 11 is 0. The predicted octanol–water partition coefficient (Wildman–Crippen LogP) is 3.22. The van der Waals surface area contributed by atoms with Gasteiger partial charge in [0.15, 0.2) is 0 Å². The van der Waals surface area contributed by atoms with Crippen LogP contribution in [0, 0.1) is 6.92 Å². The van der Waals surface area contributed by atoms with Crippen LogP contribution in [-0.2, 0) is 10.1 Å². The van der Waals surface area contributed by atoms with Gasteiger partial charge in [-0.2, -0.15) is 8.42 Å². The average Bonchev–Trinajstić information content (AvgIpc) is 2.56. The van der Waals surface area contributed by atoms with Gasteiger partial charge in [-0.15, -0.1) is 0 Å². The molecule has 0 aliphatic heterocycles. The minimum atomic E-state index is -4.01. The molecule has 0 atom stereocenters. The molecule has 0 amide bonds. The van der Waals surface area contributed by atoms with E-state index in [0.717, 1.165) is 5.56 Å². The molecule has 116 valence electrons.